The highest BCUT2D eigenvalue weighted by Crippen LogP contribution is 2.24. The minimum atomic E-state index is -0.543. The number of hydrogen-bond acceptors (Lipinski definition) is 6. The number of likely N-dealkylation sites (tertiary alicyclic amines) is 2. The van der Waals surface area contributed by atoms with E-state index in [4.69, 9.17) is 14.7 Å². The number of piperidine rings is 1. The molecule has 0 unspecified atom stereocenters. The van der Waals surface area contributed by atoms with Gasteiger partial charge in [0.25, 0.3) is 5.91 Å². The number of carbonyl (C=O) groups excluding carboxylic acids is 3. The van der Waals surface area contributed by atoms with Crippen LogP contribution < -0.4 is 0 Å². The minimum Gasteiger partial charge on any atom is -0.458 e. The average Bonchev–Trinajstić information content (AvgIpc) is 3.26. The van der Waals surface area contributed by atoms with E-state index in [0.29, 0.717) is 50.0 Å². The number of carbonyl (C=O) groups is 3. The third kappa shape index (κ3) is 6.07. The first-order chi connectivity index (χ1) is 15.2. The Bertz CT molecular complexity index is 876. The number of rotatable bonds is 5. The van der Waals surface area contributed by atoms with Crippen LogP contribution in [0.3, 0.4) is 0 Å². The van der Waals surface area contributed by atoms with Crippen LogP contribution in [0, 0.1) is 11.3 Å². The first kappa shape index (κ1) is 23.7. The van der Waals surface area contributed by atoms with Gasteiger partial charge in [0.2, 0.25) is 5.91 Å². The average molecular weight is 442 g/mol. The Morgan fingerprint density at radius 2 is 1.72 bits per heavy atom. The number of nitriles is 1. The molecule has 0 saturated carbocycles. The van der Waals surface area contributed by atoms with Gasteiger partial charge in [-0.3, -0.25) is 9.59 Å². The summed E-state index contributed by atoms with van der Waals surface area (Å²) in [6, 6.07) is 8.07. The second-order valence-electron chi connectivity index (χ2n) is 9.27. The maximum Gasteiger partial charge on any atom is 0.332 e. The molecule has 8 nitrogen and oxygen atoms in total. The molecule has 2 amide bonds. The fourth-order valence-corrected chi connectivity index (χ4v) is 4.13. The smallest absolute Gasteiger partial charge is 0.332 e. The van der Waals surface area contributed by atoms with Crippen molar-refractivity contribution < 1.29 is 23.9 Å². The van der Waals surface area contributed by atoms with Crippen molar-refractivity contribution in [3.63, 3.8) is 0 Å². The Hall–Kier alpha value is -2.92. The van der Waals surface area contributed by atoms with Gasteiger partial charge >= 0.3 is 5.97 Å². The van der Waals surface area contributed by atoms with Crippen molar-refractivity contribution in [1.82, 2.24) is 9.80 Å². The maximum atomic E-state index is 13.2. The molecule has 1 atom stereocenters. The summed E-state index contributed by atoms with van der Waals surface area (Å²) in [6.07, 6.45) is 2.63. The van der Waals surface area contributed by atoms with E-state index in [0.717, 1.165) is 6.42 Å². The lowest BCUT2D eigenvalue weighted by Crippen LogP contribution is -2.50. The van der Waals surface area contributed by atoms with Gasteiger partial charge in [-0.2, -0.15) is 5.26 Å². The Labute approximate surface area is 189 Å². The van der Waals surface area contributed by atoms with Crippen LogP contribution in [0.5, 0.6) is 0 Å². The molecule has 0 bridgehead atoms. The Kier molecular flexibility index (Phi) is 7.52. The molecule has 1 aromatic rings. The van der Waals surface area contributed by atoms with Gasteiger partial charge < -0.3 is 19.3 Å². The molecule has 3 rings (SSSR count). The second kappa shape index (κ2) is 10.1. The van der Waals surface area contributed by atoms with Crippen molar-refractivity contribution >= 4 is 17.8 Å². The molecule has 32 heavy (non-hydrogen) atoms. The van der Waals surface area contributed by atoms with E-state index in [2.05, 4.69) is 0 Å². The number of benzene rings is 1. The van der Waals surface area contributed by atoms with E-state index in [1.54, 1.807) is 34.1 Å². The van der Waals surface area contributed by atoms with Crippen LogP contribution in [-0.4, -0.2) is 71.6 Å². The quantitative estimate of drug-likeness (QED) is 0.651. The molecule has 1 aromatic carbocycles. The summed E-state index contributed by atoms with van der Waals surface area (Å²) in [5.41, 5.74) is 0.434. The van der Waals surface area contributed by atoms with Gasteiger partial charge in [-0.1, -0.05) is 0 Å². The predicted molar refractivity (Wildman–Crippen MR) is 117 cm³/mol. The van der Waals surface area contributed by atoms with Crippen LogP contribution >= 0.6 is 0 Å². The zero-order chi connectivity index (χ0) is 23.3. The number of amides is 2. The first-order valence-electron chi connectivity index (χ1n) is 11.1. The van der Waals surface area contributed by atoms with Crippen LogP contribution in [0.15, 0.2) is 24.3 Å². The van der Waals surface area contributed by atoms with Crippen molar-refractivity contribution in [1.29, 1.82) is 5.26 Å². The molecule has 2 aliphatic rings. The topological polar surface area (TPSA) is 99.9 Å². The molecule has 0 aliphatic carbocycles. The summed E-state index contributed by atoms with van der Waals surface area (Å²) < 4.78 is 10.9. The highest BCUT2D eigenvalue weighted by Gasteiger charge is 2.38. The Balaban J connectivity index is 1.51. The van der Waals surface area contributed by atoms with E-state index < -0.39 is 11.6 Å². The SMILES string of the molecule is CC(C)(C)OC(=O)COC1CCN(C(=O)[C@H]2CCCN2C(=O)c2ccc(C#N)cc2)CC1. The van der Waals surface area contributed by atoms with Crippen LogP contribution in [0.4, 0.5) is 0 Å². The van der Waals surface area contributed by atoms with Crippen LogP contribution in [-0.2, 0) is 19.1 Å². The third-order valence-electron chi connectivity index (χ3n) is 5.67. The van der Waals surface area contributed by atoms with Gasteiger partial charge in [-0.05, 0) is 70.7 Å². The van der Waals surface area contributed by atoms with Gasteiger partial charge in [-0.25, -0.2) is 4.79 Å². The predicted octanol–water partition coefficient (Wildman–Crippen LogP) is 2.51. The molecule has 2 saturated heterocycles. The molecule has 2 aliphatic heterocycles. The summed E-state index contributed by atoms with van der Waals surface area (Å²) in [6.45, 7) is 6.96. The Morgan fingerprint density at radius 1 is 1.06 bits per heavy atom. The monoisotopic (exact) mass is 441 g/mol. The van der Waals surface area contributed by atoms with Gasteiger partial charge in [0.05, 0.1) is 17.7 Å². The van der Waals surface area contributed by atoms with Gasteiger partial charge in [0.15, 0.2) is 0 Å². The zero-order valence-corrected chi connectivity index (χ0v) is 19.0. The van der Waals surface area contributed by atoms with E-state index in [-0.39, 0.29) is 30.5 Å². The summed E-state index contributed by atoms with van der Waals surface area (Å²) >= 11 is 0. The molecule has 2 heterocycles. The van der Waals surface area contributed by atoms with Crippen molar-refractivity contribution in [2.24, 2.45) is 0 Å². The lowest BCUT2D eigenvalue weighted by Gasteiger charge is -2.35. The van der Waals surface area contributed by atoms with Crippen LogP contribution in [0.25, 0.3) is 0 Å². The van der Waals surface area contributed by atoms with Crippen molar-refractivity contribution in [2.45, 2.75) is 64.2 Å². The fourth-order valence-electron chi connectivity index (χ4n) is 4.13. The number of hydrogen-bond donors (Lipinski definition) is 0. The molecule has 2 fully saturated rings. The molecule has 0 spiro atoms. The zero-order valence-electron chi connectivity index (χ0n) is 19.0. The van der Waals surface area contributed by atoms with Crippen molar-refractivity contribution in [2.75, 3.05) is 26.2 Å². The van der Waals surface area contributed by atoms with E-state index >= 15 is 0 Å². The Morgan fingerprint density at radius 3 is 2.31 bits per heavy atom. The van der Waals surface area contributed by atoms with Crippen LogP contribution in [0.2, 0.25) is 0 Å². The van der Waals surface area contributed by atoms with E-state index in [9.17, 15) is 14.4 Å². The number of ether oxygens (including phenoxy) is 2. The van der Waals surface area contributed by atoms with Gasteiger partial charge in [-0.15, -0.1) is 0 Å². The summed E-state index contributed by atoms with van der Waals surface area (Å²) in [4.78, 5) is 41.4. The standard InChI is InChI=1S/C24H31N3O5/c1-24(2,3)32-21(28)16-31-19-10-13-26(14-11-19)23(30)20-5-4-12-27(20)22(29)18-8-6-17(15-25)7-9-18/h6-9,19-20H,4-5,10-14,16H2,1-3H3/t20-/m1/s1. The van der Waals surface area contributed by atoms with Gasteiger partial charge in [0, 0.05) is 25.2 Å². The minimum absolute atomic E-state index is 0.0323. The van der Waals surface area contributed by atoms with E-state index in [1.807, 2.05) is 26.8 Å². The number of nitrogens with zero attached hydrogens (tertiary/aromatic N) is 3. The van der Waals surface area contributed by atoms with Crippen LogP contribution in [0.1, 0.15) is 62.4 Å². The molecule has 172 valence electrons. The van der Waals surface area contributed by atoms with E-state index in [1.165, 1.54) is 0 Å². The summed E-state index contributed by atoms with van der Waals surface area (Å²) in [7, 11) is 0. The largest absolute Gasteiger partial charge is 0.458 e. The number of esters is 1. The summed E-state index contributed by atoms with van der Waals surface area (Å²) in [5.74, 6) is -0.602. The molecular weight excluding hydrogens is 410 g/mol. The maximum absolute atomic E-state index is 13.2. The lowest BCUT2D eigenvalue weighted by atomic mass is 10.1. The lowest BCUT2D eigenvalue weighted by molar-refractivity contribution is -0.163. The first-order valence-corrected chi connectivity index (χ1v) is 11.1. The van der Waals surface area contributed by atoms with Gasteiger partial charge in [0.1, 0.15) is 18.2 Å². The normalized spacial score (nSPS) is 19.5. The molecule has 0 aromatic heterocycles. The molecule has 0 radical (unpaired) electrons. The molecule has 0 N–H and O–H groups in total. The van der Waals surface area contributed by atoms with Crippen molar-refractivity contribution in [3.8, 4) is 6.07 Å². The highest BCUT2D eigenvalue weighted by atomic mass is 16.6. The van der Waals surface area contributed by atoms with Crippen molar-refractivity contribution in [3.05, 3.63) is 35.4 Å². The molecular formula is C24H31N3O5. The molecule has 8 heteroatoms. The third-order valence-corrected chi connectivity index (χ3v) is 5.67. The summed E-state index contributed by atoms with van der Waals surface area (Å²) in [5, 5.41) is 8.93. The fraction of sp³-hybridized carbons (Fsp3) is 0.583. The second-order valence-corrected chi connectivity index (χ2v) is 9.27. The highest BCUT2D eigenvalue weighted by molar-refractivity contribution is 5.98.